The third-order valence-electron chi connectivity index (χ3n) is 12.1. The van der Waals surface area contributed by atoms with Gasteiger partial charge in [0.15, 0.2) is 22.3 Å². The van der Waals surface area contributed by atoms with Crippen molar-refractivity contribution in [2.45, 2.75) is 121 Å². The summed E-state index contributed by atoms with van der Waals surface area (Å²) in [6.45, 7) is 27.9. The van der Waals surface area contributed by atoms with E-state index in [1.807, 2.05) is 118 Å². The summed E-state index contributed by atoms with van der Waals surface area (Å²) >= 11 is 0. The lowest BCUT2D eigenvalue weighted by atomic mass is 10.2. The molecule has 0 unspecified atom stereocenters. The second-order valence-electron chi connectivity index (χ2n) is 20.2. The molecular weight excluding hydrogens is 1090 g/mol. The number of amidine groups is 1. The summed E-state index contributed by atoms with van der Waals surface area (Å²) in [4.78, 5) is 93.8. The Labute approximate surface area is 501 Å². The van der Waals surface area contributed by atoms with E-state index in [9.17, 15) is 24.0 Å². The van der Waals surface area contributed by atoms with E-state index in [-0.39, 0.29) is 79.7 Å². The number of H-pyrrole nitrogens is 1. The number of nitrogens with zero attached hydrogens (tertiary/aromatic N) is 12. The number of hydrogen-bond acceptors (Lipinski definition) is 17. The van der Waals surface area contributed by atoms with Gasteiger partial charge in [0.2, 0.25) is 17.8 Å². The number of aromatic amines is 1. The quantitative estimate of drug-likeness (QED) is 0.0663. The van der Waals surface area contributed by atoms with Crippen LogP contribution in [0.25, 0.3) is 22.3 Å². The van der Waals surface area contributed by atoms with Gasteiger partial charge in [-0.1, -0.05) is 94.7 Å². The van der Waals surface area contributed by atoms with Crippen LogP contribution in [0.5, 0.6) is 5.88 Å². The number of hydrogen-bond donors (Lipinski definition) is 6. The van der Waals surface area contributed by atoms with Crippen molar-refractivity contribution >= 4 is 63.6 Å². The van der Waals surface area contributed by atoms with E-state index in [0.29, 0.717) is 75.5 Å². The van der Waals surface area contributed by atoms with Crippen LogP contribution < -0.4 is 43.4 Å². The third-order valence-corrected chi connectivity index (χ3v) is 12.1. The molecule has 0 atom stereocenters. The highest BCUT2D eigenvalue weighted by atomic mass is 16.5. The standard InChI is InChI=1S/C22H21N5O2.C14H15N3O2.C8H11N5O.C8H13N3.C8H12N2O.2CH4/c1-15(2)27-14-23-18-19(27)24-22(25-20(28)17-11-7-4-8-12-17)26-21(18)29-13-16-9-5-3-6-10-16;1-10(2)17-9-8-12(16-14(17)19)15-13(18)11-6-4-3-5-7-11;1-4(2)13-3-10-5-6(13)11-8(9)12-7(5)14;1-6(2)11-5-4-8(9)10-7(11)3;1-6(2)10-5-4-8(11)9-7(10)3;;/h3-12,14-15H,13H2,1-2H3,(H,24,25,26,28);3-10H,1-2H3,(H,15,16,18,19);3-4H,1-2H3,(H3,9,11,12,14);4-6H,3H2,1-2H3,(H2,9,10);4-6H,3H2,1-2H3,(H,9,11);2*1H4. The number of amides is 3. The lowest BCUT2D eigenvalue weighted by Crippen LogP contribution is -2.38. The zero-order valence-electron chi connectivity index (χ0n) is 48.8. The minimum absolute atomic E-state index is 0. The summed E-state index contributed by atoms with van der Waals surface area (Å²) in [7, 11) is 0. The molecule has 454 valence electrons. The van der Waals surface area contributed by atoms with Gasteiger partial charge in [-0.05, 0) is 111 Å². The Kier molecular flexibility index (Phi) is 25.1. The van der Waals surface area contributed by atoms with Gasteiger partial charge in [0.05, 0.1) is 12.7 Å². The number of rotatable bonds is 12. The number of nitrogens with two attached hydrogens (primary N) is 2. The van der Waals surface area contributed by atoms with Crippen molar-refractivity contribution in [3.8, 4) is 5.88 Å². The molecule has 24 heteroatoms. The van der Waals surface area contributed by atoms with Crippen LogP contribution in [0.1, 0.15) is 128 Å². The molecule has 0 bridgehead atoms. The number of nitrogen functional groups attached to an aromatic ring is 1. The molecule has 3 amide bonds. The lowest BCUT2D eigenvalue weighted by Gasteiger charge is -2.29. The Hall–Kier alpha value is -10.5. The largest absolute Gasteiger partial charge is 0.471 e. The van der Waals surface area contributed by atoms with Crippen LogP contribution in [0.4, 0.5) is 17.7 Å². The van der Waals surface area contributed by atoms with Gasteiger partial charge in [-0.25, -0.2) is 19.8 Å². The molecule has 86 heavy (non-hydrogen) atoms. The fraction of sp³-hybridized carbons (Fsp3) is 0.290. The summed E-state index contributed by atoms with van der Waals surface area (Å²) in [6, 6.07) is 30.3. The number of anilines is 3. The number of carbonyl (C=O) groups is 3. The summed E-state index contributed by atoms with van der Waals surface area (Å²) < 4.78 is 11.2. The topological polar surface area (TPSA) is 309 Å². The normalized spacial score (nSPS) is 12.4. The van der Waals surface area contributed by atoms with E-state index in [1.165, 1.54) is 10.6 Å². The first kappa shape index (κ1) is 68.0. The van der Waals surface area contributed by atoms with Gasteiger partial charge >= 0.3 is 5.69 Å². The van der Waals surface area contributed by atoms with Crippen molar-refractivity contribution in [3.05, 3.63) is 203 Å². The molecule has 0 fully saturated rings. The van der Waals surface area contributed by atoms with Gasteiger partial charge in [-0.3, -0.25) is 34.0 Å². The van der Waals surface area contributed by atoms with Crippen LogP contribution in [0.2, 0.25) is 0 Å². The van der Waals surface area contributed by atoms with E-state index < -0.39 is 0 Å². The molecule has 2 aliphatic heterocycles. The fourth-order valence-corrected chi connectivity index (χ4v) is 7.82. The van der Waals surface area contributed by atoms with Crippen LogP contribution >= 0.6 is 0 Å². The highest BCUT2D eigenvalue weighted by Gasteiger charge is 2.19. The summed E-state index contributed by atoms with van der Waals surface area (Å²) in [5.74, 6) is 2.09. The Bertz CT molecular complexity index is 3790. The number of fused-ring (bicyclic) bond motifs is 2. The average molecular weight is 1170 g/mol. The highest BCUT2D eigenvalue weighted by Crippen LogP contribution is 2.26. The average Bonchev–Trinajstić information content (AvgIpc) is 1.92. The van der Waals surface area contributed by atoms with Crippen LogP contribution in [-0.4, -0.2) is 94.0 Å². The molecule has 10 rings (SSSR count). The van der Waals surface area contributed by atoms with Crippen molar-refractivity contribution < 1.29 is 19.1 Å². The zero-order chi connectivity index (χ0) is 61.2. The smallest absolute Gasteiger partial charge is 0.349 e. The Balaban J connectivity index is 0.000000242. The lowest BCUT2D eigenvalue weighted by molar-refractivity contribution is -0.116. The van der Waals surface area contributed by atoms with Crippen LogP contribution in [0.3, 0.4) is 0 Å². The molecule has 24 nitrogen and oxygen atoms in total. The predicted octanol–water partition coefficient (Wildman–Crippen LogP) is 9.73. The predicted molar refractivity (Wildman–Crippen MR) is 341 cm³/mol. The minimum Gasteiger partial charge on any atom is -0.471 e. The van der Waals surface area contributed by atoms with Gasteiger partial charge in [0.1, 0.15) is 29.9 Å². The SMILES string of the molecule is C.C.C=C1N=C(N)C=CN1C(C)C.C=C1NC(=O)C=CN1C(C)C.CC(C)n1ccc(NC(=O)c2ccccc2)nc1=O.CC(C)n1cnc2c(=O)[nH]c(N)nc21.CC(C)n1cnc2c(OCc3ccccc3)nc(NC(=O)c3ccccc3)nc21. The van der Waals surface area contributed by atoms with E-state index >= 15 is 0 Å². The Morgan fingerprint density at radius 2 is 1.12 bits per heavy atom. The highest BCUT2D eigenvalue weighted by molar-refractivity contribution is 6.04. The van der Waals surface area contributed by atoms with Gasteiger partial charge in [0, 0.05) is 66.0 Å². The van der Waals surface area contributed by atoms with Crippen molar-refractivity contribution in [1.82, 2.24) is 63.7 Å². The van der Waals surface area contributed by atoms with Gasteiger partial charge in [0.25, 0.3) is 23.3 Å². The number of carbonyl (C=O) groups excluding carboxylic acids is 3. The van der Waals surface area contributed by atoms with Crippen molar-refractivity contribution in [1.29, 1.82) is 0 Å². The molecule has 0 saturated carbocycles. The molecule has 0 spiro atoms. The van der Waals surface area contributed by atoms with Crippen LogP contribution in [-0.2, 0) is 11.4 Å². The minimum atomic E-state index is -0.374. The number of ether oxygens (including phenoxy) is 1. The molecule has 5 aromatic heterocycles. The first-order valence-electron chi connectivity index (χ1n) is 26.9. The molecule has 8 aromatic rings. The number of aromatic nitrogens is 10. The molecular formula is C62H80N18O6. The summed E-state index contributed by atoms with van der Waals surface area (Å²) in [5, 5.41) is 7.98. The molecule has 7 heterocycles. The number of imidazole rings is 2. The first-order chi connectivity index (χ1) is 40.0. The molecule has 0 saturated heterocycles. The Morgan fingerprint density at radius 3 is 1.63 bits per heavy atom. The van der Waals surface area contributed by atoms with Crippen LogP contribution in [0, 0.1) is 0 Å². The van der Waals surface area contributed by atoms with Crippen molar-refractivity contribution in [3.63, 3.8) is 0 Å². The molecule has 2 aliphatic rings. The fourth-order valence-electron chi connectivity index (χ4n) is 7.82. The van der Waals surface area contributed by atoms with Gasteiger partial charge in [-0.15, -0.1) is 0 Å². The summed E-state index contributed by atoms with van der Waals surface area (Å²) in [5.41, 5.74) is 14.3. The maximum atomic E-state index is 12.5. The number of aliphatic imine (C=N–C) groups is 1. The maximum absolute atomic E-state index is 12.5. The van der Waals surface area contributed by atoms with E-state index in [2.05, 4.69) is 82.8 Å². The van der Waals surface area contributed by atoms with E-state index in [4.69, 9.17) is 16.2 Å². The van der Waals surface area contributed by atoms with Crippen LogP contribution in [0.15, 0.2) is 180 Å². The second-order valence-corrected chi connectivity index (χ2v) is 20.2. The van der Waals surface area contributed by atoms with Crippen molar-refractivity contribution in [2.75, 3.05) is 16.4 Å². The number of benzene rings is 3. The monoisotopic (exact) mass is 1170 g/mol. The molecule has 3 aromatic carbocycles. The third kappa shape index (κ3) is 18.8. The van der Waals surface area contributed by atoms with Crippen molar-refractivity contribution in [2.24, 2.45) is 10.7 Å². The molecule has 0 radical (unpaired) electrons. The summed E-state index contributed by atoms with van der Waals surface area (Å²) in [6.07, 6.45) is 11.8. The van der Waals surface area contributed by atoms with E-state index in [1.54, 1.807) is 90.3 Å². The molecule has 8 N–H and O–H groups in total. The maximum Gasteiger partial charge on any atom is 0.349 e. The second kappa shape index (κ2) is 31.8. The Morgan fingerprint density at radius 1 is 0.605 bits per heavy atom. The van der Waals surface area contributed by atoms with E-state index in [0.717, 1.165) is 5.56 Å². The van der Waals surface area contributed by atoms with Gasteiger partial charge in [-0.2, -0.15) is 19.9 Å². The number of nitrogens with one attached hydrogen (secondary N) is 4. The van der Waals surface area contributed by atoms with Gasteiger partial charge < -0.3 is 45.8 Å². The first-order valence-corrected chi connectivity index (χ1v) is 26.9. The zero-order valence-corrected chi connectivity index (χ0v) is 48.8. The molecule has 0 aliphatic carbocycles.